The first kappa shape index (κ1) is 111. The van der Waals surface area contributed by atoms with Crippen molar-refractivity contribution in [1.82, 2.24) is 67.0 Å². The predicted molar refractivity (Wildman–Crippen MR) is 422 cm³/mol. The van der Waals surface area contributed by atoms with Crippen LogP contribution in [0.2, 0.25) is 0 Å². The average Bonchev–Trinajstić information content (AvgIpc) is 1.62. The van der Waals surface area contributed by atoms with Gasteiger partial charge in [0.1, 0.15) is 44.3 Å². The van der Waals surface area contributed by atoms with Crippen molar-refractivity contribution < 1.29 is 170 Å². The van der Waals surface area contributed by atoms with Crippen molar-refractivity contribution in [3.63, 3.8) is 0 Å². The van der Waals surface area contributed by atoms with Gasteiger partial charge in [0.15, 0.2) is 30.3 Å². The quantitative estimate of drug-likeness (QED) is 0.00440. The predicted octanol–water partition coefficient (Wildman–Crippen LogP) is 2.11. The Balaban J connectivity index is 0. The molecule has 49 heteroatoms. The van der Waals surface area contributed by atoms with Crippen LogP contribution in [-0.2, 0) is 139 Å². The van der Waals surface area contributed by atoms with Crippen LogP contribution >= 0.6 is 45.2 Å². The zero-order valence-electron chi connectivity index (χ0n) is 64.4. The van der Waals surface area contributed by atoms with E-state index in [1.807, 2.05) is 36.4 Å². The van der Waals surface area contributed by atoms with Crippen LogP contribution in [-0.4, -0.2) is 237 Å². The van der Waals surface area contributed by atoms with Crippen molar-refractivity contribution in [1.29, 1.82) is 0 Å². The van der Waals surface area contributed by atoms with Crippen molar-refractivity contribution >= 4 is 154 Å². The summed E-state index contributed by atoms with van der Waals surface area (Å²) in [6, 6.07) is 7.19. The van der Waals surface area contributed by atoms with E-state index in [0.29, 0.717) is 81.7 Å². The number of anilines is 1. The molecule has 0 bridgehead atoms. The molecule has 0 aliphatic carbocycles. The Morgan fingerprint density at radius 2 is 0.825 bits per heavy atom. The van der Waals surface area contributed by atoms with Crippen molar-refractivity contribution in [3.05, 3.63) is 111 Å². The van der Waals surface area contributed by atoms with E-state index in [1.54, 1.807) is 12.1 Å². The number of nitrogens with zero attached hydrogens (tertiary/aromatic N) is 5. The summed E-state index contributed by atoms with van der Waals surface area (Å²) in [4.78, 5) is 202. The number of carbonyl (C=O) groups is 17. The SMILES string of the molecule is NC(CCCC[N+](C=O)(Cc1nccn1CC(=O)O)Cc1nccn1CC(=O)O)C(=O)NCCCC[C@H](NC(=O)N[C@@H](CCC(=O)O)C(=O)O)OC=O.O=CO[C@H](CCCCNC(=O)Nc1ccc(I)cc1)NC(=O)N[C@@H](CCC(=O)O)C(=O)O.O=CO[C@H](CCCCNCc1ccc(I)cc1)NC(=O)N[C@@H](CCC(=O)O)C(=O)O.[99Tc].[C-]#[O+].[C-]#[O+]. The van der Waals surface area contributed by atoms with Crippen molar-refractivity contribution in [2.45, 2.75) is 191 Å². The van der Waals surface area contributed by atoms with E-state index in [2.05, 4.69) is 122 Å². The van der Waals surface area contributed by atoms with Gasteiger partial charge in [-0.05, 0) is 171 Å². The number of nitrogens with two attached hydrogens (primary N) is 1. The second-order valence-corrected chi connectivity index (χ2v) is 27.6. The number of amides is 10. The molecule has 120 heavy (non-hydrogen) atoms. The normalized spacial score (nSPS) is 12.0. The number of carbonyl (C=O) groups excluding carboxylic acids is 9. The molecule has 2 heterocycles. The number of nitrogens with one attached hydrogen (secondary N) is 10. The fourth-order valence-electron chi connectivity index (χ4n) is 10.3. The van der Waals surface area contributed by atoms with Gasteiger partial charge in [-0.1, -0.05) is 12.1 Å². The van der Waals surface area contributed by atoms with Crippen LogP contribution < -0.4 is 58.9 Å². The molecule has 0 aliphatic heterocycles. The number of urea groups is 4. The van der Waals surface area contributed by atoms with Crippen LogP contribution in [0, 0.1) is 20.4 Å². The molecular formula is C71H97I2N16O30Tc+. The second-order valence-electron chi connectivity index (χ2n) is 25.2. The van der Waals surface area contributed by atoms with Gasteiger partial charge in [-0.25, -0.2) is 48.3 Å². The Bertz CT molecular complexity index is 3830. The van der Waals surface area contributed by atoms with Crippen LogP contribution in [0.1, 0.15) is 133 Å². The molecule has 1 unspecified atom stereocenters. The summed E-state index contributed by atoms with van der Waals surface area (Å²) in [5, 5.41) is 96.7. The molecule has 4 rings (SSSR count). The van der Waals surface area contributed by atoms with Crippen molar-refractivity contribution in [2.24, 2.45) is 5.73 Å². The van der Waals surface area contributed by atoms with Crippen LogP contribution in [0.3, 0.4) is 0 Å². The number of rotatable bonds is 57. The number of benzene rings is 2. The number of carboxylic acids is 8. The maximum atomic E-state index is 12.7. The number of halogens is 2. The maximum absolute atomic E-state index is 12.7. The molecule has 661 valence electrons. The minimum atomic E-state index is -1.48. The van der Waals surface area contributed by atoms with E-state index in [1.165, 1.54) is 43.1 Å². The number of unbranched alkanes of at least 4 members (excludes halogenated alkanes) is 4. The topological polar surface area (TPSA) is 701 Å². The standard InChI is InChI=1S/C31H45N9O13.C19H25IN4O8.C19H26IN3O7.2CO.Tc/c32-21(29(49)35-9-3-1-6-25(53-20-42)37-31(52)36-22(30(50)51)7-8-26(43)44)5-2-4-14-40(19-41,17-23-33-10-12-38(23)15-27(45)46)18-24-34-11-13-39(24)16-28(47)48;20-12-4-6-13(7-5-12)22-18(30)21-10-2-1-3-15(32-11-25)24-19(31)23-14(17(28)29)8-9-16(26)27;20-14-6-4-13(5-7-14)11-21-10-2-1-3-16(30-12-24)23-19(29)22-15(18(27)28)8-9-17(25)26;2*1-2;/h10-13,19-22,25H,1-9,14-18,32H2,(H6-,35,36,37,43,44,45,46,47,48,49,50,51,52);4-7,11,14-15H,1-3,8-10H2,(H,26,27)(H,28,29)(H2,21,22,30)(H2,23,24,31);4-7,12,15-16,21H,1-3,8-11H2,(H,25,26)(H,27,28)(H2,22,23,29);;;/p+1/t21?,22-,25+;14-,15+;15-,16+;;;/m000.../s1/i;;;;;1+1. The number of aliphatic carboxylic acids is 8. The summed E-state index contributed by atoms with van der Waals surface area (Å²) in [5.41, 5.74) is 7.92. The third-order valence-electron chi connectivity index (χ3n) is 16.1. The number of aromatic nitrogens is 4. The number of ether oxygens (including phenoxy) is 3. The Kier molecular flexibility index (Phi) is 60.6. The zero-order chi connectivity index (χ0) is 89.7. The number of carboxylic acid groups (broad SMARTS) is 8. The fraction of sp³-hybridized carbons (Fsp3) is 0.479. The van der Waals surface area contributed by atoms with Gasteiger partial charge in [-0.3, -0.25) is 47.6 Å². The van der Waals surface area contributed by atoms with E-state index in [-0.39, 0.29) is 128 Å². The van der Waals surface area contributed by atoms with Gasteiger partial charge in [0.05, 0.1) is 12.6 Å². The molecule has 4 aromatic rings. The summed E-state index contributed by atoms with van der Waals surface area (Å²) in [5.74, 6) is -9.75. The molecule has 0 fully saturated rings. The molecule has 1 radical (unpaired) electrons. The molecule has 0 spiro atoms. The summed E-state index contributed by atoms with van der Waals surface area (Å²) in [7, 11) is 0. The van der Waals surface area contributed by atoms with Gasteiger partial charge < -0.3 is 123 Å². The number of imidazole rings is 2. The molecule has 0 aliphatic rings. The first-order chi connectivity index (χ1) is 56.7. The third kappa shape index (κ3) is 52.5. The van der Waals surface area contributed by atoms with Crippen LogP contribution in [0.15, 0.2) is 73.3 Å². The number of hydrogen-bond acceptors (Lipinski definition) is 24. The Hall–Kier alpha value is -11.3. The summed E-state index contributed by atoms with van der Waals surface area (Å²) in [6.07, 6.45) is 6.16. The van der Waals surface area contributed by atoms with E-state index < -0.39 is 134 Å². The molecule has 46 nitrogen and oxygen atoms in total. The molecule has 2 aromatic heterocycles. The molecule has 10 amide bonds. The van der Waals surface area contributed by atoms with Crippen molar-refractivity contribution in [3.8, 4) is 0 Å². The summed E-state index contributed by atoms with van der Waals surface area (Å²) in [6.45, 7) is 10.9. The molecule has 0 saturated carbocycles. The molecule has 7 atom stereocenters. The fourth-order valence-corrected chi connectivity index (χ4v) is 11.0. The Labute approximate surface area is 726 Å². The number of hydrogen-bond donors (Lipinski definition) is 19. The van der Waals surface area contributed by atoms with Gasteiger partial charge in [-0.15, -0.1) is 0 Å². The van der Waals surface area contributed by atoms with E-state index in [4.69, 9.17) is 54.8 Å². The van der Waals surface area contributed by atoms with Gasteiger partial charge in [0, 0.05) is 116 Å². The van der Waals surface area contributed by atoms with E-state index >= 15 is 0 Å². The number of quaternary nitrogens is 1. The summed E-state index contributed by atoms with van der Waals surface area (Å²) < 4.78 is 34.1. The van der Waals surface area contributed by atoms with Crippen LogP contribution in [0.5, 0.6) is 0 Å². The van der Waals surface area contributed by atoms with Gasteiger partial charge in [0.2, 0.25) is 5.91 Å². The Morgan fingerprint density at radius 3 is 1.18 bits per heavy atom. The molecule has 20 N–H and O–H groups in total. The second kappa shape index (κ2) is 65.6. The molecule has 0 saturated heterocycles. The first-order valence-corrected chi connectivity index (χ1v) is 38.1. The monoisotopic (exact) mass is 2010 g/mol. The molecular weight excluding hydrogens is 1910 g/mol. The summed E-state index contributed by atoms with van der Waals surface area (Å²) >= 11 is 4.40. The Morgan fingerprint density at radius 1 is 0.467 bits per heavy atom. The average molecular weight is 2010 g/mol. The first-order valence-electron chi connectivity index (χ1n) is 36.0. The third-order valence-corrected chi connectivity index (χ3v) is 17.6. The van der Waals surface area contributed by atoms with E-state index in [9.17, 15) is 96.8 Å². The molecule has 2 aromatic carbocycles. The van der Waals surface area contributed by atoms with Gasteiger partial charge in [-0.2, -0.15) is 0 Å². The van der Waals surface area contributed by atoms with Gasteiger partial charge in [0.25, 0.3) is 19.4 Å². The minimum absolute atomic E-state index is 0. The van der Waals surface area contributed by atoms with Crippen LogP contribution in [0.25, 0.3) is 0 Å². The van der Waals surface area contributed by atoms with Crippen molar-refractivity contribution in [2.75, 3.05) is 31.5 Å². The van der Waals surface area contributed by atoms with E-state index in [0.717, 1.165) is 23.1 Å². The van der Waals surface area contributed by atoms with Crippen LogP contribution in [0.4, 0.5) is 24.9 Å². The zero-order valence-corrected chi connectivity index (χ0v) is 70.6. The van der Waals surface area contributed by atoms with Gasteiger partial charge >= 0.3 is 101 Å².